The minimum atomic E-state index is 0.810. The lowest BCUT2D eigenvalue weighted by Gasteiger charge is -2.09. The van der Waals surface area contributed by atoms with Gasteiger partial charge in [-0.1, -0.05) is 23.8 Å². The summed E-state index contributed by atoms with van der Waals surface area (Å²) in [6, 6.07) is 14.5. The zero-order chi connectivity index (χ0) is 15.6. The van der Waals surface area contributed by atoms with E-state index in [-0.39, 0.29) is 0 Å². The summed E-state index contributed by atoms with van der Waals surface area (Å²) in [7, 11) is 0. The number of nitrogens with one attached hydrogen (secondary N) is 1. The number of hydrogen-bond acceptors (Lipinski definition) is 5. The van der Waals surface area contributed by atoms with Gasteiger partial charge in [-0.2, -0.15) is 0 Å². The van der Waals surface area contributed by atoms with Gasteiger partial charge in [0.15, 0.2) is 0 Å². The van der Waals surface area contributed by atoms with Gasteiger partial charge in [0.05, 0.1) is 15.9 Å². The Morgan fingerprint density at radius 1 is 1.00 bits per heavy atom. The minimum absolute atomic E-state index is 0.810. The first-order valence-electron chi connectivity index (χ1n) is 7.27. The smallest absolute Gasteiger partial charge is 0.141 e. The largest absolute Gasteiger partial charge is 0.340 e. The summed E-state index contributed by atoms with van der Waals surface area (Å²) in [5.41, 5.74) is 6.13. The molecule has 4 nitrogen and oxygen atoms in total. The van der Waals surface area contributed by atoms with E-state index in [0.29, 0.717) is 0 Å². The highest BCUT2D eigenvalue weighted by Crippen LogP contribution is 2.30. The van der Waals surface area contributed by atoms with E-state index in [9.17, 15) is 0 Å². The lowest BCUT2D eigenvalue weighted by Crippen LogP contribution is -1.96. The van der Waals surface area contributed by atoms with Crippen molar-refractivity contribution in [2.24, 2.45) is 0 Å². The van der Waals surface area contributed by atoms with Crippen LogP contribution < -0.4 is 5.32 Å². The van der Waals surface area contributed by atoms with Crippen molar-refractivity contribution in [3.63, 3.8) is 0 Å². The van der Waals surface area contributed by atoms with Crippen LogP contribution in [0, 0.1) is 6.92 Å². The molecule has 0 amide bonds. The topological polar surface area (TPSA) is 50.7 Å². The molecule has 2 aromatic heterocycles. The van der Waals surface area contributed by atoms with E-state index in [0.717, 1.165) is 32.8 Å². The van der Waals surface area contributed by atoms with E-state index in [4.69, 9.17) is 0 Å². The SMILES string of the molecule is Cc1ccc(Nc2ncnc3ccc(-c4cncs4)cc23)cc1. The third-order valence-corrected chi connectivity index (χ3v) is 4.49. The van der Waals surface area contributed by atoms with Crippen molar-refractivity contribution in [3.8, 4) is 10.4 Å². The molecule has 23 heavy (non-hydrogen) atoms. The molecule has 2 heterocycles. The highest BCUT2D eigenvalue weighted by Gasteiger charge is 2.07. The number of aromatic nitrogens is 3. The Balaban J connectivity index is 1.79. The van der Waals surface area contributed by atoms with Gasteiger partial charge in [-0.15, -0.1) is 11.3 Å². The van der Waals surface area contributed by atoms with Gasteiger partial charge in [0.1, 0.15) is 12.1 Å². The lowest BCUT2D eigenvalue weighted by atomic mass is 10.1. The molecule has 0 radical (unpaired) electrons. The summed E-state index contributed by atoms with van der Waals surface area (Å²) in [6.45, 7) is 2.07. The number of anilines is 2. The van der Waals surface area contributed by atoms with E-state index in [2.05, 4.69) is 63.6 Å². The highest BCUT2D eigenvalue weighted by atomic mass is 32.1. The van der Waals surface area contributed by atoms with Crippen molar-refractivity contribution in [2.75, 3.05) is 5.32 Å². The molecule has 0 bridgehead atoms. The fourth-order valence-corrected chi connectivity index (χ4v) is 3.06. The summed E-state index contributed by atoms with van der Waals surface area (Å²) >= 11 is 1.62. The predicted octanol–water partition coefficient (Wildman–Crippen LogP) is 4.81. The summed E-state index contributed by atoms with van der Waals surface area (Å²) in [5, 5.41) is 4.38. The molecule has 0 spiro atoms. The average molecular weight is 318 g/mol. The molecule has 0 saturated carbocycles. The van der Waals surface area contributed by atoms with Gasteiger partial charge in [-0.3, -0.25) is 4.98 Å². The Kier molecular flexibility index (Phi) is 3.48. The molecule has 0 unspecified atom stereocenters. The number of fused-ring (bicyclic) bond motifs is 1. The fraction of sp³-hybridized carbons (Fsp3) is 0.0556. The average Bonchev–Trinajstić information content (AvgIpc) is 3.11. The van der Waals surface area contributed by atoms with Gasteiger partial charge >= 0.3 is 0 Å². The number of hydrogen-bond donors (Lipinski definition) is 1. The second-order valence-electron chi connectivity index (χ2n) is 5.31. The molecule has 0 fully saturated rings. The number of thiazole rings is 1. The molecule has 112 valence electrons. The number of nitrogens with zero attached hydrogens (tertiary/aromatic N) is 3. The van der Waals surface area contributed by atoms with Crippen LogP contribution in [-0.2, 0) is 0 Å². The van der Waals surface area contributed by atoms with E-state index in [1.165, 1.54) is 5.56 Å². The van der Waals surface area contributed by atoms with Crippen molar-refractivity contribution in [1.82, 2.24) is 15.0 Å². The van der Waals surface area contributed by atoms with E-state index in [1.54, 1.807) is 17.7 Å². The maximum Gasteiger partial charge on any atom is 0.141 e. The molecule has 0 aliphatic heterocycles. The first-order chi connectivity index (χ1) is 11.3. The van der Waals surface area contributed by atoms with Gasteiger partial charge in [-0.05, 0) is 36.8 Å². The number of aryl methyl sites for hydroxylation is 1. The summed E-state index contributed by atoms with van der Waals surface area (Å²) < 4.78 is 0. The first kappa shape index (κ1) is 13.8. The van der Waals surface area contributed by atoms with Crippen LogP contribution in [0.2, 0.25) is 0 Å². The Hall–Kier alpha value is -2.79. The van der Waals surface area contributed by atoms with Gasteiger partial charge in [0.25, 0.3) is 0 Å². The summed E-state index contributed by atoms with van der Waals surface area (Å²) in [6.07, 6.45) is 3.47. The van der Waals surface area contributed by atoms with Crippen molar-refractivity contribution in [2.45, 2.75) is 6.92 Å². The van der Waals surface area contributed by atoms with Crippen LogP contribution in [0.5, 0.6) is 0 Å². The number of benzene rings is 2. The molecule has 4 rings (SSSR count). The van der Waals surface area contributed by atoms with E-state index < -0.39 is 0 Å². The molecule has 0 aliphatic carbocycles. The normalized spacial score (nSPS) is 10.8. The Morgan fingerprint density at radius 3 is 2.65 bits per heavy atom. The summed E-state index contributed by atoms with van der Waals surface area (Å²) in [5.74, 6) is 0.810. The van der Waals surface area contributed by atoms with Crippen LogP contribution in [0.4, 0.5) is 11.5 Å². The van der Waals surface area contributed by atoms with Gasteiger partial charge in [0, 0.05) is 17.3 Å². The molecular formula is C18H14N4S. The van der Waals surface area contributed by atoms with Crippen LogP contribution in [0.25, 0.3) is 21.3 Å². The molecule has 0 saturated heterocycles. The molecule has 2 aromatic carbocycles. The molecule has 0 atom stereocenters. The van der Waals surface area contributed by atoms with E-state index in [1.807, 2.05) is 17.8 Å². The van der Waals surface area contributed by atoms with Crippen LogP contribution in [0.15, 0.2) is 60.5 Å². The second kappa shape index (κ2) is 5.78. The van der Waals surface area contributed by atoms with Crippen molar-refractivity contribution in [3.05, 3.63) is 66.1 Å². The van der Waals surface area contributed by atoms with Crippen LogP contribution in [0.3, 0.4) is 0 Å². The predicted molar refractivity (Wildman–Crippen MR) is 95.1 cm³/mol. The van der Waals surface area contributed by atoms with Crippen molar-refractivity contribution in [1.29, 1.82) is 0 Å². The second-order valence-corrected chi connectivity index (χ2v) is 6.20. The lowest BCUT2D eigenvalue weighted by molar-refractivity contribution is 1.22. The standard InChI is InChI=1S/C18H14N4S/c1-12-2-5-14(6-3-12)22-18-15-8-13(17-9-19-11-23-17)4-7-16(15)20-10-21-18/h2-11H,1H3,(H,20,21,22). The first-order valence-corrected chi connectivity index (χ1v) is 8.15. The maximum absolute atomic E-state index is 4.41. The Morgan fingerprint density at radius 2 is 1.87 bits per heavy atom. The summed E-state index contributed by atoms with van der Waals surface area (Å²) in [4.78, 5) is 14.1. The van der Waals surface area contributed by atoms with Gasteiger partial charge < -0.3 is 5.32 Å². The molecule has 4 aromatic rings. The fourth-order valence-electron chi connectivity index (χ4n) is 2.44. The van der Waals surface area contributed by atoms with Crippen LogP contribution >= 0.6 is 11.3 Å². The minimum Gasteiger partial charge on any atom is -0.340 e. The van der Waals surface area contributed by atoms with Gasteiger partial charge in [-0.25, -0.2) is 9.97 Å². The molecular weight excluding hydrogens is 304 g/mol. The maximum atomic E-state index is 4.41. The third kappa shape index (κ3) is 2.78. The number of rotatable bonds is 3. The molecule has 0 aliphatic rings. The molecule has 5 heteroatoms. The van der Waals surface area contributed by atoms with E-state index >= 15 is 0 Å². The van der Waals surface area contributed by atoms with Crippen molar-refractivity contribution < 1.29 is 0 Å². The monoisotopic (exact) mass is 318 g/mol. The zero-order valence-electron chi connectivity index (χ0n) is 12.5. The highest BCUT2D eigenvalue weighted by molar-refractivity contribution is 7.13. The van der Waals surface area contributed by atoms with Gasteiger partial charge in [0.2, 0.25) is 0 Å². The quantitative estimate of drug-likeness (QED) is 0.589. The van der Waals surface area contributed by atoms with Crippen molar-refractivity contribution >= 4 is 33.7 Å². The Bertz CT molecular complexity index is 947. The van der Waals surface area contributed by atoms with Crippen LogP contribution in [-0.4, -0.2) is 15.0 Å². The molecule has 1 N–H and O–H groups in total. The van der Waals surface area contributed by atoms with Crippen LogP contribution in [0.1, 0.15) is 5.56 Å². The zero-order valence-corrected chi connectivity index (χ0v) is 13.3. The third-order valence-electron chi connectivity index (χ3n) is 3.67. The Labute approximate surface area is 137 Å².